The Morgan fingerprint density at radius 2 is 0.706 bits per heavy atom. The fraction of sp³-hybridized carbons (Fsp3) is 0.0625. The predicted molar refractivity (Wildman–Crippen MR) is 212 cm³/mol. The largest absolute Gasteiger partial charge is 0.208 e. The summed E-state index contributed by atoms with van der Waals surface area (Å²) in [6.07, 6.45) is 0. The van der Waals surface area contributed by atoms with Gasteiger partial charge in [-0.25, -0.2) is 15.0 Å². The Kier molecular flexibility index (Phi) is 6.53. The molecule has 0 aliphatic heterocycles. The van der Waals surface area contributed by atoms with Crippen LogP contribution in [-0.2, 0) is 5.41 Å². The van der Waals surface area contributed by atoms with E-state index >= 15 is 0 Å². The molecule has 8 aromatic carbocycles. The molecule has 3 heteroatoms. The normalized spacial score (nSPS) is 13.1. The number of nitrogens with zero attached hydrogens (tertiary/aromatic N) is 3. The van der Waals surface area contributed by atoms with E-state index in [-0.39, 0.29) is 5.41 Å². The smallest absolute Gasteiger partial charge is 0.164 e. The molecular formula is C48H33N3. The second-order valence-corrected chi connectivity index (χ2v) is 14.0. The van der Waals surface area contributed by atoms with Gasteiger partial charge in [-0.1, -0.05) is 159 Å². The lowest BCUT2D eigenvalue weighted by atomic mass is 9.81. The SMILES string of the molecule is CC1(C)c2ccc(-c3ccc(-c4nc(-c5ccccc5)nc(-c5ccccc5)n4)cc3)cc2-c2cc3c4ccccc4c4ccccc4c3cc21. The van der Waals surface area contributed by atoms with Crippen molar-refractivity contribution in [3.63, 3.8) is 0 Å². The lowest BCUT2D eigenvalue weighted by Crippen LogP contribution is -2.14. The van der Waals surface area contributed by atoms with Crippen LogP contribution in [-0.4, -0.2) is 15.0 Å². The van der Waals surface area contributed by atoms with Crippen LogP contribution in [0.25, 0.3) is 88.7 Å². The Labute approximate surface area is 297 Å². The van der Waals surface area contributed by atoms with Crippen LogP contribution < -0.4 is 0 Å². The van der Waals surface area contributed by atoms with Crippen molar-refractivity contribution in [3.8, 4) is 56.4 Å². The summed E-state index contributed by atoms with van der Waals surface area (Å²) < 4.78 is 0. The molecule has 51 heavy (non-hydrogen) atoms. The number of hydrogen-bond donors (Lipinski definition) is 0. The lowest BCUT2D eigenvalue weighted by molar-refractivity contribution is 0.661. The first-order valence-corrected chi connectivity index (χ1v) is 17.5. The molecule has 0 fully saturated rings. The second kappa shape index (κ2) is 11.3. The van der Waals surface area contributed by atoms with Gasteiger partial charge in [0.25, 0.3) is 0 Å². The highest BCUT2D eigenvalue weighted by Gasteiger charge is 2.36. The van der Waals surface area contributed by atoms with Crippen LogP contribution in [0.3, 0.4) is 0 Å². The van der Waals surface area contributed by atoms with Gasteiger partial charge in [0.05, 0.1) is 0 Å². The van der Waals surface area contributed by atoms with Gasteiger partial charge < -0.3 is 0 Å². The van der Waals surface area contributed by atoms with Gasteiger partial charge in [0, 0.05) is 22.1 Å². The van der Waals surface area contributed by atoms with Gasteiger partial charge in [-0.2, -0.15) is 0 Å². The molecule has 0 bridgehead atoms. The molecule has 0 amide bonds. The predicted octanol–water partition coefficient (Wildman–Crippen LogP) is 12.3. The van der Waals surface area contributed by atoms with Crippen molar-refractivity contribution in [1.82, 2.24) is 15.0 Å². The maximum Gasteiger partial charge on any atom is 0.164 e. The van der Waals surface area contributed by atoms with E-state index in [2.05, 4.69) is 117 Å². The topological polar surface area (TPSA) is 38.7 Å². The van der Waals surface area contributed by atoms with E-state index in [9.17, 15) is 0 Å². The highest BCUT2D eigenvalue weighted by Crippen LogP contribution is 2.52. The van der Waals surface area contributed by atoms with Crippen molar-refractivity contribution in [2.24, 2.45) is 0 Å². The molecule has 0 saturated heterocycles. The maximum absolute atomic E-state index is 4.93. The van der Waals surface area contributed by atoms with Crippen LogP contribution in [0.4, 0.5) is 0 Å². The molecule has 1 aliphatic carbocycles. The number of aromatic nitrogens is 3. The minimum absolute atomic E-state index is 0.112. The van der Waals surface area contributed by atoms with E-state index < -0.39 is 0 Å². The Morgan fingerprint density at radius 1 is 0.314 bits per heavy atom. The summed E-state index contributed by atoms with van der Waals surface area (Å²) in [5.74, 6) is 1.99. The monoisotopic (exact) mass is 651 g/mol. The second-order valence-electron chi connectivity index (χ2n) is 14.0. The average molecular weight is 652 g/mol. The molecule has 0 unspecified atom stereocenters. The highest BCUT2D eigenvalue weighted by atomic mass is 15.0. The van der Waals surface area contributed by atoms with E-state index in [1.807, 2.05) is 60.7 Å². The van der Waals surface area contributed by atoms with Gasteiger partial charge in [-0.05, 0) is 83.9 Å². The van der Waals surface area contributed by atoms with Crippen molar-refractivity contribution in [2.75, 3.05) is 0 Å². The average Bonchev–Trinajstić information content (AvgIpc) is 3.42. The van der Waals surface area contributed by atoms with E-state index in [1.54, 1.807) is 0 Å². The molecule has 1 aromatic heterocycles. The number of rotatable bonds is 4. The molecule has 240 valence electrons. The minimum atomic E-state index is -0.112. The fourth-order valence-electron chi connectivity index (χ4n) is 8.08. The van der Waals surface area contributed by atoms with Gasteiger partial charge in [-0.3, -0.25) is 0 Å². The zero-order chi connectivity index (χ0) is 34.1. The van der Waals surface area contributed by atoms with E-state index in [0.29, 0.717) is 17.5 Å². The summed E-state index contributed by atoms with van der Waals surface area (Å²) in [7, 11) is 0. The molecule has 0 radical (unpaired) electrons. The molecule has 0 N–H and O–H groups in total. The Bertz CT molecular complexity index is 2740. The van der Waals surface area contributed by atoms with Crippen molar-refractivity contribution in [2.45, 2.75) is 19.3 Å². The molecule has 1 aliphatic rings. The van der Waals surface area contributed by atoms with Crippen LogP contribution in [0.1, 0.15) is 25.0 Å². The fourth-order valence-corrected chi connectivity index (χ4v) is 8.08. The summed E-state index contributed by atoms with van der Waals surface area (Å²) in [5, 5.41) is 7.86. The van der Waals surface area contributed by atoms with E-state index in [4.69, 9.17) is 15.0 Å². The summed E-state index contributed by atoms with van der Waals surface area (Å²) in [6, 6.07) is 58.4. The molecule has 9 aromatic rings. The zero-order valence-corrected chi connectivity index (χ0v) is 28.4. The molecule has 0 spiro atoms. The van der Waals surface area contributed by atoms with Gasteiger partial charge >= 0.3 is 0 Å². The lowest BCUT2D eigenvalue weighted by Gasteiger charge is -2.22. The third-order valence-corrected chi connectivity index (χ3v) is 10.7. The first-order chi connectivity index (χ1) is 25.0. The third-order valence-electron chi connectivity index (χ3n) is 10.7. The van der Waals surface area contributed by atoms with Gasteiger partial charge in [0.2, 0.25) is 0 Å². The summed E-state index contributed by atoms with van der Waals surface area (Å²) in [6.45, 7) is 4.73. The van der Waals surface area contributed by atoms with Crippen LogP contribution >= 0.6 is 0 Å². The van der Waals surface area contributed by atoms with Crippen LogP contribution in [0.5, 0.6) is 0 Å². The third kappa shape index (κ3) is 4.69. The van der Waals surface area contributed by atoms with Crippen LogP contribution in [0.2, 0.25) is 0 Å². The Morgan fingerprint density at radius 3 is 1.24 bits per heavy atom. The standard InChI is InChI=1S/C48H33N3/c1-48(2)43-26-25-34(27-41(43)42-28-39-37-19-11-9-17-35(37)36-18-10-12-20-38(36)40(39)29-44(42)48)30-21-23-33(24-22-30)47-50-45(31-13-5-3-6-14-31)49-46(51-47)32-15-7-4-8-16-32/h3-29H,1-2H3. The van der Waals surface area contributed by atoms with Crippen molar-refractivity contribution < 1.29 is 0 Å². The summed E-state index contributed by atoms with van der Waals surface area (Å²) in [5.41, 5.74) is 10.5. The molecule has 0 atom stereocenters. The summed E-state index contributed by atoms with van der Waals surface area (Å²) in [4.78, 5) is 14.7. The quantitative estimate of drug-likeness (QED) is 0.178. The van der Waals surface area contributed by atoms with Gasteiger partial charge in [-0.15, -0.1) is 0 Å². The molecule has 3 nitrogen and oxygen atoms in total. The number of hydrogen-bond acceptors (Lipinski definition) is 3. The molecule has 10 rings (SSSR count). The zero-order valence-electron chi connectivity index (χ0n) is 28.4. The van der Waals surface area contributed by atoms with Crippen molar-refractivity contribution in [3.05, 3.63) is 175 Å². The molecular weight excluding hydrogens is 619 g/mol. The molecule has 0 saturated carbocycles. The maximum atomic E-state index is 4.93. The van der Waals surface area contributed by atoms with Crippen molar-refractivity contribution in [1.29, 1.82) is 0 Å². The first-order valence-electron chi connectivity index (χ1n) is 17.5. The van der Waals surface area contributed by atoms with Crippen LogP contribution in [0, 0.1) is 0 Å². The van der Waals surface area contributed by atoms with Gasteiger partial charge in [0.15, 0.2) is 17.5 Å². The van der Waals surface area contributed by atoms with E-state index in [1.165, 1.54) is 60.1 Å². The first kappa shape index (κ1) is 29.5. The highest BCUT2D eigenvalue weighted by molar-refractivity contribution is 6.26. The van der Waals surface area contributed by atoms with Crippen molar-refractivity contribution >= 4 is 32.3 Å². The Hall–Kier alpha value is -6.45. The van der Waals surface area contributed by atoms with Gasteiger partial charge in [0.1, 0.15) is 0 Å². The molecule has 1 heterocycles. The minimum Gasteiger partial charge on any atom is -0.208 e. The Balaban J connectivity index is 1.08. The van der Waals surface area contributed by atoms with Crippen LogP contribution in [0.15, 0.2) is 164 Å². The summed E-state index contributed by atoms with van der Waals surface area (Å²) >= 11 is 0. The number of benzene rings is 8. The number of fused-ring (bicyclic) bond motifs is 9. The van der Waals surface area contributed by atoms with E-state index in [0.717, 1.165) is 22.3 Å².